The van der Waals surface area contributed by atoms with Crippen LogP contribution < -0.4 is 0 Å². The predicted octanol–water partition coefficient (Wildman–Crippen LogP) is 5.49. The van der Waals surface area contributed by atoms with E-state index in [-0.39, 0.29) is 16.1 Å². The van der Waals surface area contributed by atoms with Gasteiger partial charge in [0.2, 0.25) is 0 Å². The topological polar surface area (TPSA) is 25.8 Å². The summed E-state index contributed by atoms with van der Waals surface area (Å²) in [4.78, 5) is 8.74. The Morgan fingerprint density at radius 2 is 1.76 bits per heavy atom. The number of nitrogens with zero attached hydrogens (tertiary/aromatic N) is 2. The molecular formula is C16H15Cl2FN2. The molecule has 2 aromatic rings. The van der Waals surface area contributed by atoms with E-state index in [1.54, 1.807) is 18.2 Å². The maximum atomic E-state index is 13.9. The van der Waals surface area contributed by atoms with Crippen LogP contribution in [0, 0.1) is 11.7 Å². The summed E-state index contributed by atoms with van der Waals surface area (Å²) in [6.45, 7) is 2.22. The van der Waals surface area contributed by atoms with Gasteiger partial charge in [-0.05, 0) is 31.2 Å². The van der Waals surface area contributed by atoms with Crippen molar-refractivity contribution < 1.29 is 4.39 Å². The highest BCUT2D eigenvalue weighted by molar-refractivity contribution is 6.37. The molecule has 1 aromatic carbocycles. The molecule has 0 aliphatic heterocycles. The average molecular weight is 325 g/mol. The number of hydrogen-bond acceptors (Lipinski definition) is 2. The number of benzene rings is 1. The first kappa shape index (κ1) is 14.7. The summed E-state index contributed by atoms with van der Waals surface area (Å²) in [5.74, 6) is 1.26. The van der Waals surface area contributed by atoms with Crippen molar-refractivity contribution in [1.82, 2.24) is 9.97 Å². The fourth-order valence-electron chi connectivity index (χ4n) is 2.93. The Morgan fingerprint density at radius 3 is 2.33 bits per heavy atom. The van der Waals surface area contributed by atoms with Crippen molar-refractivity contribution in [3.63, 3.8) is 0 Å². The normalized spacial score (nSPS) is 21.7. The van der Waals surface area contributed by atoms with Gasteiger partial charge in [0.05, 0.1) is 5.56 Å². The molecule has 1 aliphatic carbocycles. The van der Waals surface area contributed by atoms with Crippen LogP contribution in [0.25, 0.3) is 11.1 Å². The summed E-state index contributed by atoms with van der Waals surface area (Å²) >= 11 is 12.5. The third-order valence-electron chi connectivity index (χ3n) is 4.04. The van der Waals surface area contributed by atoms with Crippen molar-refractivity contribution in [2.24, 2.45) is 5.92 Å². The van der Waals surface area contributed by atoms with Gasteiger partial charge in [-0.2, -0.15) is 0 Å². The molecule has 1 aromatic heterocycles. The van der Waals surface area contributed by atoms with Gasteiger partial charge in [0.25, 0.3) is 0 Å². The van der Waals surface area contributed by atoms with Crippen LogP contribution in [-0.4, -0.2) is 9.97 Å². The molecular weight excluding hydrogens is 310 g/mol. The second-order valence-electron chi connectivity index (χ2n) is 5.63. The van der Waals surface area contributed by atoms with Crippen molar-refractivity contribution in [3.8, 4) is 11.1 Å². The zero-order valence-corrected chi connectivity index (χ0v) is 13.1. The van der Waals surface area contributed by atoms with Gasteiger partial charge in [0.1, 0.15) is 21.9 Å². The molecule has 21 heavy (non-hydrogen) atoms. The Hall–Kier alpha value is -1.19. The standard InChI is InChI=1S/C16H15Cl2FN2/c1-9-6-7-10(8-9)16-20-14(17)13(15(18)21-16)11-4-2-3-5-12(11)19/h2-5,9-10H,6-8H2,1H3. The maximum Gasteiger partial charge on any atom is 0.142 e. The SMILES string of the molecule is CC1CCC(c2nc(Cl)c(-c3ccccc3F)c(Cl)n2)C1. The maximum absolute atomic E-state index is 13.9. The summed E-state index contributed by atoms with van der Waals surface area (Å²) < 4.78 is 13.9. The fraction of sp³-hybridized carbons (Fsp3) is 0.375. The smallest absolute Gasteiger partial charge is 0.142 e. The fourth-order valence-corrected chi connectivity index (χ4v) is 3.54. The molecule has 1 heterocycles. The van der Waals surface area contributed by atoms with Gasteiger partial charge in [-0.1, -0.05) is 48.3 Å². The van der Waals surface area contributed by atoms with E-state index in [9.17, 15) is 4.39 Å². The minimum Gasteiger partial charge on any atom is -0.220 e. The summed E-state index contributed by atoms with van der Waals surface area (Å²) in [6, 6.07) is 6.35. The predicted molar refractivity (Wildman–Crippen MR) is 83.2 cm³/mol. The third kappa shape index (κ3) is 2.90. The molecule has 5 heteroatoms. The van der Waals surface area contributed by atoms with E-state index in [2.05, 4.69) is 16.9 Å². The highest BCUT2D eigenvalue weighted by atomic mass is 35.5. The number of rotatable bonds is 2. The van der Waals surface area contributed by atoms with Gasteiger partial charge in [-0.25, -0.2) is 14.4 Å². The molecule has 0 saturated heterocycles. The zero-order chi connectivity index (χ0) is 15.0. The van der Waals surface area contributed by atoms with Crippen LogP contribution in [0.5, 0.6) is 0 Å². The molecule has 2 unspecified atom stereocenters. The zero-order valence-electron chi connectivity index (χ0n) is 11.6. The summed E-state index contributed by atoms with van der Waals surface area (Å²) in [5.41, 5.74) is 0.699. The first-order valence-corrected chi connectivity index (χ1v) is 7.79. The number of halogens is 3. The molecule has 0 amide bonds. The minimum atomic E-state index is -0.382. The lowest BCUT2D eigenvalue weighted by Crippen LogP contribution is -2.04. The summed E-state index contributed by atoms with van der Waals surface area (Å²) in [7, 11) is 0. The quantitative estimate of drug-likeness (QED) is 0.682. The van der Waals surface area contributed by atoms with Gasteiger partial charge in [-0.3, -0.25) is 0 Å². The first-order chi connectivity index (χ1) is 10.1. The number of hydrogen-bond donors (Lipinski definition) is 0. The van der Waals surface area contributed by atoms with Crippen LogP contribution in [0.1, 0.15) is 37.9 Å². The molecule has 2 atom stereocenters. The van der Waals surface area contributed by atoms with Crippen LogP contribution in [0.4, 0.5) is 4.39 Å². The van der Waals surface area contributed by atoms with E-state index in [1.165, 1.54) is 12.5 Å². The second kappa shape index (κ2) is 5.90. The summed E-state index contributed by atoms with van der Waals surface area (Å²) in [5, 5.41) is 0.435. The van der Waals surface area contributed by atoms with E-state index in [1.807, 2.05) is 0 Å². The van der Waals surface area contributed by atoms with E-state index >= 15 is 0 Å². The van der Waals surface area contributed by atoms with E-state index in [4.69, 9.17) is 23.2 Å². The van der Waals surface area contributed by atoms with Crippen LogP contribution in [0.3, 0.4) is 0 Å². The van der Waals surface area contributed by atoms with Crippen molar-refractivity contribution in [2.45, 2.75) is 32.1 Å². The highest BCUT2D eigenvalue weighted by Crippen LogP contribution is 2.40. The van der Waals surface area contributed by atoms with Gasteiger partial charge in [0.15, 0.2) is 0 Å². The van der Waals surface area contributed by atoms with Crippen molar-refractivity contribution in [2.75, 3.05) is 0 Å². The largest absolute Gasteiger partial charge is 0.220 e. The molecule has 0 N–H and O–H groups in total. The molecule has 0 bridgehead atoms. The molecule has 1 fully saturated rings. The van der Waals surface area contributed by atoms with Gasteiger partial charge < -0.3 is 0 Å². The van der Waals surface area contributed by atoms with Crippen molar-refractivity contribution >= 4 is 23.2 Å². The van der Waals surface area contributed by atoms with Gasteiger partial charge in [0, 0.05) is 11.5 Å². The van der Waals surface area contributed by atoms with Gasteiger partial charge >= 0.3 is 0 Å². The molecule has 1 saturated carbocycles. The van der Waals surface area contributed by atoms with E-state index < -0.39 is 0 Å². The van der Waals surface area contributed by atoms with Crippen LogP contribution >= 0.6 is 23.2 Å². The number of aromatic nitrogens is 2. The van der Waals surface area contributed by atoms with E-state index in [0.29, 0.717) is 28.8 Å². The Morgan fingerprint density at radius 1 is 1.10 bits per heavy atom. The lowest BCUT2D eigenvalue weighted by atomic mass is 10.0. The molecule has 0 spiro atoms. The minimum absolute atomic E-state index is 0.217. The Labute approximate surface area is 133 Å². The van der Waals surface area contributed by atoms with Crippen molar-refractivity contribution in [3.05, 3.63) is 46.2 Å². The lowest BCUT2D eigenvalue weighted by Gasteiger charge is -2.12. The Bertz CT molecular complexity index is 652. The van der Waals surface area contributed by atoms with Crippen LogP contribution in [0.15, 0.2) is 24.3 Å². The van der Waals surface area contributed by atoms with Crippen LogP contribution in [-0.2, 0) is 0 Å². The monoisotopic (exact) mass is 324 g/mol. The second-order valence-corrected chi connectivity index (χ2v) is 6.35. The first-order valence-electron chi connectivity index (χ1n) is 7.04. The third-order valence-corrected chi connectivity index (χ3v) is 4.59. The highest BCUT2D eigenvalue weighted by Gasteiger charge is 2.27. The average Bonchev–Trinajstić information content (AvgIpc) is 2.87. The van der Waals surface area contributed by atoms with Crippen molar-refractivity contribution in [1.29, 1.82) is 0 Å². The Kier molecular flexibility index (Phi) is 4.14. The molecule has 3 rings (SSSR count). The molecule has 2 nitrogen and oxygen atoms in total. The summed E-state index contributed by atoms with van der Waals surface area (Å²) in [6.07, 6.45) is 3.26. The lowest BCUT2D eigenvalue weighted by molar-refractivity contribution is 0.585. The molecule has 110 valence electrons. The van der Waals surface area contributed by atoms with Crippen LogP contribution in [0.2, 0.25) is 10.3 Å². The Balaban J connectivity index is 2.03. The van der Waals surface area contributed by atoms with E-state index in [0.717, 1.165) is 12.8 Å². The molecule has 0 radical (unpaired) electrons. The van der Waals surface area contributed by atoms with Gasteiger partial charge in [-0.15, -0.1) is 0 Å². The molecule has 1 aliphatic rings.